The summed E-state index contributed by atoms with van der Waals surface area (Å²) < 4.78 is 2.15. The highest BCUT2D eigenvalue weighted by Gasteiger charge is 2.10. The van der Waals surface area contributed by atoms with Crippen LogP contribution in [0, 0.1) is 13.8 Å². The number of hydrogen-bond donors (Lipinski definition) is 1. The smallest absolute Gasteiger partial charge is 0.140 e. The Morgan fingerprint density at radius 1 is 1.05 bits per heavy atom. The van der Waals surface area contributed by atoms with E-state index < -0.39 is 0 Å². The van der Waals surface area contributed by atoms with Crippen LogP contribution in [0.2, 0.25) is 0 Å². The molecule has 0 aliphatic carbocycles. The molecule has 2 N–H and O–H groups in total. The lowest BCUT2D eigenvalue weighted by Crippen LogP contribution is -1.96. The molecule has 3 aromatic rings. The lowest BCUT2D eigenvalue weighted by atomic mass is 10.1. The summed E-state index contributed by atoms with van der Waals surface area (Å²) in [6, 6.07) is 12.7. The lowest BCUT2D eigenvalue weighted by Gasteiger charge is -2.04. The van der Waals surface area contributed by atoms with Crippen LogP contribution in [-0.4, -0.2) is 9.55 Å². The Morgan fingerprint density at radius 3 is 2.35 bits per heavy atom. The third kappa shape index (κ3) is 2.00. The summed E-state index contributed by atoms with van der Waals surface area (Å²) in [6.45, 7) is 4.83. The van der Waals surface area contributed by atoms with Gasteiger partial charge in [0.1, 0.15) is 5.82 Å². The molecule has 2 aromatic carbocycles. The minimum absolute atomic E-state index is 0.571. The highest BCUT2D eigenvalue weighted by Crippen LogP contribution is 2.26. The summed E-state index contributed by atoms with van der Waals surface area (Å²) in [6.07, 6.45) is 0. The van der Waals surface area contributed by atoms with Crippen molar-refractivity contribution in [3.8, 4) is 11.4 Å². The van der Waals surface area contributed by atoms with Gasteiger partial charge in [-0.2, -0.15) is 0 Å². The van der Waals surface area contributed by atoms with Crippen molar-refractivity contribution in [3.63, 3.8) is 0 Å². The van der Waals surface area contributed by atoms with Crippen molar-refractivity contribution in [1.29, 1.82) is 0 Å². The van der Waals surface area contributed by atoms with Crippen LogP contribution in [-0.2, 0) is 13.6 Å². The molecule has 3 heteroatoms. The molecule has 1 aromatic heterocycles. The molecule has 3 nitrogen and oxygen atoms in total. The molecule has 0 aliphatic heterocycles. The number of hydrogen-bond acceptors (Lipinski definition) is 2. The second-order valence-corrected chi connectivity index (χ2v) is 5.32. The van der Waals surface area contributed by atoms with Gasteiger partial charge in [-0.15, -0.1) is 0 Å². The van der Waals surface area contributed by atoms with Crippen LogP contribution in [0.25, 0.3) is 22.4 Å². The third-order valence-corrected chi connectivity index (χ3v) is 3.94. The summed E-state index contributed by atoms with van der Waals surface area (Å²) in [5.74, 6) is 0.994. The highest BCUT2D eigenvalue weighted by molar-refractivity contribution is 5.82. The largest absolute Gasteiger partial charge is 0.327 e. The molecular formula is C17H19N3. The van der Waals surface area contributed by atoms with Crippen molar-refractivity contribution in [2.24, 2.45) is 12.8 Å². The van der Waals surface area contributed by atoms with Crippen molar-refractivity contribution >= 4 is 11.0 Å². The molecular weight excluding hydrogens is 246 g/mol. The standard InChI is InChI=1S/C17H19N3/c1-11-8-15-16(9-12(11)2)20(3)17(19-15)14-6-4-13(10-18)5-7-14/h4-9H,10,18H2,1-3H3. The Morgan fingerprint density at radius 2 is 1.70 bits per heavy atom. The van der Waals surface area contributed by atoms with E-state index in [1.165, 1.54) is 16.6 Å². The maximum absolute atomic E-state index is 5.64. The minimum atomic E-state index is 0.571. The Kier molecular flexibility index (Phi) is 3.07. The molecule has 0 unspecified atom stereocenters. The topological polar surface area (TPSA) is 43.8 Å². The molecule has 20 heavy (non-hydrogen) atoms. The SMILES string of the molecule is Cc1cc2nc(-c3ccc(CN)cc3)n(C)c2cc1C. The number of rotatable bonds is 2. The number of imidazole rings is 1. The van der Waals surface area contributed by atoms with Gasteiger partial charge in [0.25, 0.3) is 0 Å². The van der Waals surface area contributed by atoms with E-state index in [4.69, 9.17) is 10.7 Å². The van der Waals surface area contributed by atoms with Gasteiger partial charge in [-0.25, -0.2) is 4.98 Å². The molecule has 0 saturated carbocycles. The molecule has 1 heterocycles. The van der Waals surface area contributed by atoms with Gasteiger partial charge in [-0.05, 0) is 42.7 Å². The van der Waals surface area contributed by atoms with Crippen LogP contribution >= 0.6 is 0 Å². The molecule has 102 valence electrons. The Hall–Kier alpha value is -2.13. The maximum atomic E-state index is 5.64. The summed E-state index contributed by atoms with van der Waals surface area (Å²) >= 11 is 0. The molecule has 0 spiro atoms. The first-order valence-corrected chi connectivity index (χ1v) is 6.83. The number of fused-ring (bicyclic) bond motifs is 1. The molecule has 0 atom stereocenters. The molecule has 0 amide bonds. The predicted molar refractivity (Wildman–Crippen MR) is 83.5 cm³/mol. The van der Waals surface area contributed by atoms with Crippen LogP contribution in [0.3, 0.4) is 0 Å². The minimum Gasteiger partial charge on any atom is -0.327 e. The molecule has 3 rings (SSSR count). The number of aromatic nitrogens is 2. The fraction of sp³-hybridized carbons (Fsp3) is 0.235. The zero-order chi connectivity index (χ0) is 14.3. The van der Waals surface area contributed by atoms with E-state index in [9.17, 15) is 0 Å². The highest BCUT2D eigenvalue weighted by atomic mass is 15.1. The summed E-state index contributed by atoms with van der Waals surface area (Å²) in [7, 11) is 2.07. The lowest BCUT2D eigenvalue weighted by molar-refractivity contribution is 0.958. The molecule has 0 aliphatic rings. The molecule has 0 bridgehead atoms. The van der Waals surface area contributed by atoms with E-state index in [0.717, 1.165) is 22.5 Å². The van der Waals surface area contributed by atoms with Crippen LogP contribution in [0.4, 0.5) is 0 Å². The van der Waals surface area contributed by atoms with E-state index in [2.05, 4.69) is 61.9 Å². The monoisotopic (exact) mass is 265 g/mol. The number of nitrogens with zero attached hydrogens (tertiary/aromatic N) is 2. The van der Waals surface area contributed by atoms with E-state index in [0.29, 0.717) is 6.54 Å². The van der Waals surface area contributed by atoms with Crippen molar-refractivity contribution in [3.05, 3.63) is 53.1 Å². The number of nitrogens with two attached hydrogens (primary N) is 1. The van der Waals surface area contributed by atoms with E-state index in [1.807, 2.05) is 0 Å². The van der Waals surface area contributed by atoms with E-state index in [-0.39, 0.29) is 0 Å². The molecule has 0 saturated heterocycles. The zero-order valence-corrected chi connectivity index (χ0v) is 12.1. The van der Waals surface area contributed by atoms with Crippen LogP contribution < -0.4 is 5.73 Å². The second-order valence-electron chi connectivity index (χ2n) is 5.32. The second kappa shape index (κ2) is 4.76. The predicted octanol–water partition coefficient (Wildman–Crippen LogP) is 3.32. The number of aryl methyl sites for hydroxylation is 3. The van der Waals surface area contributed by atoms with Gasteiger partial charge < -0.3 is 10.3 Å². The van der Waals surface area contributed by atoms with Crippen molar-refractivity contribution in [1.82, 2.24) is 9.55 Å². The van der Waals surface area contributed by atoms with Gasteiger partial charge in [0.05, 0.1) is 11.0 Å². The van der Waals surface area contributed by atoms with Gasteiger partial charge in [-0.3, -0.25) is 0 Å². The van der Waals surface area contributed by atoms with Crippen molar-refractivity contribution < 1.29 is 0 Å². The van der Waals surface area contributed by atoms with Gasteiger partial charge in [0.15, 0.2) is 0 Å². The van der Waals surface area contributed by atoms with Crippen LogP contribution in [0.5, 0.6) is 0 Å². The van der Waals surface area contributed by atoms with E-state index >= 15 is 0 Å². The normalized spacial score (nSPS) is 11.2. The van der Waals surface area contributed by atoms with Gasteiger partial charge >= 0.3 is 0 Å². The fourth-order valence-electron chi connectivity index (χ4n) is 2.50. The quantitative estimate of drug-likeness (QED) is 0.772. The van der Waals surface area contributed by atoms with Gasteiger partial charge in [0.2, 0.25) is 0 Å². The summed E-state index contributed by atoms with van der Waals surface area (Å²) in [5.41, 5.74) is 12.7. The first-order valence-electron chi connectivity index (χ1n) is 6.83. The van der Waals surface area contributed by atoms with Gasteiger partial charge in [0, 0.05) is 19.2 Å². The third-order valence-electron chi connectivity index (χ3n) is 3.94. The van der Waals surface area contributed by atoms with Crippen molar-refractivity contribution in [2.45, 2.75) is 20.4 Å². The molecule has 0 fully saturated rings. The molecule has 0 radical (unpaired) electrons. The summed E-state index contributed by atoms with van der Waals surface area (Å²) in [4.78, 5) is 4.77. The summed E-state index contributed by atoms with van der Waals surface area (Å²) in [5, 5.41) is 0. The average Bonchev–Trinajstić information content (AvgIpc) is 2.77. The Bertz CT molecular complexity index is 767. The Labute approximate surface area is 119 Å². The van der Waals surface area contributed by atoms with Crippen molar-refractivity contribution in [2.75, 3.05) is 0 Å². The fourth-order valence-corrected chi connectivity index (χ4v) is 2.50. The van der Waals surface area contributed by atoms with E-state index in [1.54, 1.807) is 0 Å². The maximum Gasteiger partial charge on any atom is 0.140 e. The zero-order valence-electron chi connectivity index (χ0n) is 12.1. The van der Waals surface area contributed by atoms with Crippen LogP contribution in [0.1, 0.15) is 16.7 Å². The first-order chi connectivity index (χ1) is 9.60. The number of benzene rings is 2. The van der Waals surface area contributed by atoms with Crippen LogP contribution in [0.15, 0.2) is 36.4 Å². The first kappa shape index (κ1) is 12.9. The average molecular weight is 265 g/mol. The van der Waals surface area contributed by atoms with Gasteiger partial charge in [-0.1, -0.05) is 24.3 Å². The Balaban J connectivity index is 2.18.